The fourth-order valence-electron chi connectivity index (χ4n) is 4.94. The molecule has 2 aliphatic rings. The lowest BCUT2D eigenvalue weighted by molar-refractivity contribution is -0.132. The molecule has 2 fully saturated rings. The van der Waals surface area contributed by atoms with Crippen molar-refractivity contribution in [3.8, 4) is 0 Å². The van der Waals surface area contributed by atoms with Gasteiger partial charge in [-0.25, -0.2) is 13.2 Å². The number of carbonyl (C=O) groups is 1. The van der Waals surface area contributed by atoms with Crippen LogP contribution in [0.15, 0.2) is 36.8 Å². The lowest BCUT2D eigenvalue weighted by atomic mass is 9.93. The van der Waals surface area contributed by atoms with Crippen molar-refractivity contribution in [1.82, 2.24) is 23.9 Å². The number of ether oxygens (including phenoxy) is 1. The van der Waals surface area contributed by atoms with E-state index < -0.39 is 15.8 Å². The largest absolute Gasteiger partial charge is 0.419 e. The summed E-state index contributed by atoms with van der Waals surface area (Å²) in [6.07, 6.45) is 4.04. The maximum atomic E-state index is 13.1. The summed E-state index contributed by atoms with van der Waals surface area (Å²) in [5, 5.41) is 4.16. The Morgan fingerprint density at radius 2 is 1.89 bits per heavy atom. The summed E-state index contributed by atoms with van der Waals surface area (Å²) in [4.78, 5) is 30.9. The Morgan fingerprint density at radius 1 is 1.16 bits per heavy atom. The van der Waals surface area contributed by atoms with E-state index in [4.69, 9.17) is 13.7 Å². The highest BCUT2D eigenvalue weighted by atomic mass is 32.2. The lowest BCUT2D eigenvalue weighted by Crippen LogP contribution is -2.44. The van der Waals surface area contributed by atoms with E-state index in [-0.39, 0.29) is 28.8 Å². The van der Waals surface area contributed by atoms with Crippen molar-refractivity contribution in [1.29, 1.82) is 0 Å². The van der Waals surface area contributed by atoms with E-state index in [9.17, 15) is 18.0 Å². The fourth-order valence-corrected chi connectivity index (χ4v) is 6.07. The van der Waals surface area contributed by atoms with Crippen molar-refractivity contribution in [2.24, 2.45) is 13.0 Å². The molecule has 0 bridgehead atoms. The Morgan fingerprint density at radius 3 is 2.62 bits per heavy atom. The highest BCUT2D eigenvalue weighted by Crippen LogP contribution is 2.27. The molecule has 0 spiro atoms. The molecule has 0 N–H and O–H groups in total. The zero-order valence-electron chi connectivity index (χ0n) is 21.0. The Bertz CT molecular complexity index is 1430. The summed E-state index contributed by atoms with van der Waals surface area (Å²) in [5.74, 6) is 1.16. The van der Waals surface area contributed by atoms with Gasteiger partial charge in [-0.1, -0.05) is 5.16 Å². The van der Waals surface area contributed by atoms with Crippen LogP contribution in [-0.4, -0.2) is 78.1 Å². The number of aryl methyl sites for hydroxylation is 1. The van der Waals surface area contributed by atoms with E-state index in [1.807, 2.05) is 0 Å². The fraction of sp³-hybridized carbons (Fsp3) is 0.583. The third-order valence-electron chi connectivity index (χ3n) is 7.33. The molecule has 0 saturated carbocycles. The van der Waals surface area contributed by atoms with Crippen LogP contribution < -0.4 is 5.76 Å². The zero-order valence-corrected chi connectivity index (χ0v) is 21.8. The molecule has 13 heteroatoms. The van der Waals surface area contributed by atoms with Crippen molar-refractivity contribution in [3.05, 3.63) is 40.5 Å². The topological polar surface area (TPSA) is 141 Å². The molecule has 12 nitrogen and oxygen atoms in total. The van der Waals surface area contributed by atoms with Crippen LogP contribution in [0, 0.1) is 5.92 Å². The highest BCUT2D eigenvalue weighted by molar-refractivity contribution is 7.89. The number of carbonyl (C=O) groups excluding carboxylic acids is 1. The molecule has 0 aliphatic carbocycles. The molecule has 1 amide bonds. The van der Waals surface area contributed by atoms with E-state index in [1.54, 1.807) is 11.9 Å². The first-order chi connectivity index (χ1) is 17.7. The van der Waals surface area contributed by atoms with Crippen LogP contribution in [0.1, 0.15) is 43.3 Å². The van der Waals surface area contributed by atoms with Gasteiger partial charge in [0.15, 0.2) is 11.4 Å². The number of aromatic nitrogens is 3. The minimum Gasteiger partial charge on any atom is -0.408 e. The number of piperidine rings is 1. The molecule has 0 unspecified atom stereocenters. The van der Waals surface area contributed by atoms with Gasteiger partial charge in [0.05, 0.1) is 17.0 Å². The van der Waals surface area contributed by atoms with Crippen LogP contribution in [0.5, 0.6) is 0 Å². The van der Waals surface area contributed by atoms with Crippen LogP contribution in [0.3, 0.4) is 0 Å². The molecule has 3 aromatic rings. The normalized spacial score (nSPS) is 18.2. The number of hydrogen-bond donors (Lipinski definition) is 0. The number of benzene rings is 1. The molecular formula is C24H31N5O7S. The van der Waals surface area contributed by atoms with Gasteiger partial charge in [-0.15, -0.1) is 0 Å². The summed E-state index contributed by atoms with van der Waals surface area (Å²) in [5.41, 5.74) is 0.669. The molecule has 0 atom stereocenters. The lowest BCUT2D eigenvalue weighted by Gasteiger charge is -2.32. The van der Waals surface area contributed by atoms with E-state index >= 15 is 0 Å². The summed E-state index contributed by atoms with van der Waals surface area (Å²) >= 11 is 0. The zero-order chi connectivity index (χ0) is 26.2. The van der Waals surface area contributed by atoms with Gasteiger partial charge < -0.3 is 18.6 Å². The minimum atomic E-state index is -3.95. The molecule has 37 heavy (non-hydrogen) atoms. The van der Waals surface area contributed by atoms with Gasteiger partial charge in [0.25, 0.3) is 0 Å². The predicted molar refractivity (Wildman–Crippen MR) is 131 cm³/mol. The maximum absolute atomic E-state index is 13.1. The summed E-state index contributed by atoms with van der Waals surface area (Å²) < 4.78 is 44.4. The molecular weight excluding hydrogens is 502 g/mol. The smallest absolute Gasteiger partial charge is 0.408 e. The van der Waals surface area contributed by atoms with Gasteiger partial charge in [-0.3, -0.25) is 9.36 Å². The van der Waals surface area contributed by atoms with Crippen molar-refractivity contribution in [2.45, 2.75) is 42.9 Å². The first-order valence-electron chi connectivity index (χ1n) is 12.5. The monoisotopic (exact) mass is 533 g/mol. The van der Waals surface area contributed by atoms with E-state index in [2.05, 4.69) is 10.1 Å². The van der Waals surface area contributed by atoms with E-state index in [0.29, 0.717) is 36.8 Å². The second-order valence-electron chi connectivity index (χ2n) is 9.78. The second-order valence-corrected chi connectivity index (χ2v) is 11.8. The van der Waals surface area contributed by atoms with Crippen molar-refractivity contribution >= 4 is 27.0 Å². The number of likely N-dealkylation sites (tertiary alicyclic amines) is 1. The van der Waals surface area contributed by atoms with Crippen LogP contribution in [0.25, 0.3) is 11.1 Å². The molecule has 0 radical (unpaired) electrons. The second kappa shape index (κ2) is 10.4. The number of oxazole rings is 1. The minimum absolute atomic E-state index is 0.0389. The number of fused-ring (bicyclic) bond motifs is 1. The third kappa shape index (κ3) is 5.34. The number of hydrogen-bond acceptors (Lipinski definition) is 9. The van der Waals surface area contributed by atoms with Gasteiger partial charge in [-0.05, 0) is 43.7 Å². The number of sulfonamides is 1. The molecule has 200 valence electrons. The average Bonchev–Trinajstić information content (AvgIpc) is 3.48. The van der Waals surface area contributed by atoms with Crippen molar-refractivity contribution in [2.75, 3.05) is 39.9 Å². The van der Waals surface area contributed by atoms with Crippen molar-refractivity contribution < 1.29 is 26.9 Å². The highest BCUT2D eigenvalue weighted by Gasteiger charge is 2.29. The van der Waals surface area contributed by atoms with Gasteiger partial charge in [0, 0.05) is 58.8 Å². The molecule has 2 aliphatic heterocycles. The predicted octanol–water partition coefficient (Wildman–Crippen LogP) is 1.51. The average molecular weight is 534 g/mol. The number of likely N-dealkylation sites (N-methyl/N-ethyl adjacent to an activating group) is 1. The summed E-state index contributed by atoms with van der Waals surface area (Å²) in [6, 6.07) is 4.23. The molecule has 4 heterocycles. The van der Waals surface area contributed by atoms with Crippen LogP contribution >= 0.6 is 0 Å². The standard InChI is InChI=1S/C24H31N5O7S/c1-27(37(32,33)18-3-4-19-20(14-18)35-24(31)28(19)2)15-22(30)29-9-5-16(6-10-29)13-21-25-23(26-36-21)17-7-11-34-12-8-17/h3-4,14,16-17H,5-13,15H2,1-2H3. The summed E-state index contributed by atoms with van der Waals surface area (Å²) in [6.45, 7) is 2.25. The third-order valence-corrected chi connectivity index (χ3v) is 9.13. The summed E-state index contributed by atoms with van der Waals surface area (Å²) in [7, 11) is -1.03. The first kappa shape index (κ1) is 25.6. The Balaban J connectivity index is 1.14. The van der Waals surface area contributed by atoms with Gasteiger partial charge >= 0.3 is 5.76 Å². The van der Waals surface area contributed by atoms with Crippen LogP contribution in [-0.2, 0) is 33.0 Å². The SMILES string of the molecule is CN(CC(=O)N1CCC(Cc2nc(C3CCOCC3)no2)CC1)S(=O)(=O)c1ccc2c(c1)oc(=O)n2C. The Kier molecular flexibility index (Phi) is 7.19. The first-order valence-corrected chi connectivity index (χ1v) is 13.9. The van der Waals surface area contributed by atoms with Gasteiger partial charge in [0.1, 0.15) is 0 Å². The number of rotatable bonds is 7. The van der Waals surface area contributed by atoms with E-state index in [0.717, 1.165) is 49.0 Å². The Labute approximate surface area is 214 Å². The van der Waals surface area contributed by atoms with E-state index in [1.165, 1.54) is 29.8 Å². The molecule has 1 aromatic carbocycles. The quantitative estimate of drug-likeness (QED) is 0.442. The number of amides is 1. The van der Waals surface area contributed by atoms with Gasteiger partial charge in [0.2, 0.25) is 21.8 Å². The molecule has 2 aromatic heterocycles. The molecule has 5 rings (SSSR count). The maximum Gasteiger partial charge on any atom is 0.419 e. The molecule has 2 saturated heterocycles. The van der Waals surface area contributed by atoms with Crippen molar-refractivity contribution in [3.63, 3.8) is 0 Å². The van der Waals surface area contributed by atoms with Crippen LogP contribution in [0.2, 0.25) is 0 Å². The van der Waals surface area contributed by atoms with Crippen LogP contribution in [0.4, 0.5) is 0 Å². The van der Waals surface area contributed by atoms with Gasteiger partial charge in [-0.2, -0.15) is 9.29 Å². The number of nitrogens with zero attached hydrogens (tertiary/aromatic N) is 5. The Hall–Kier alpha value is -3.03.